The number of halogens is 1. The van der Waals surface area contributed by atoms with E-state index in [1.807, 2.05) is 20.2 Å². The lowest BCUT2D eigenvalue weighted by atomic mass is 10.2. The highest BCUT2D eigenvalue weighted by molar-refractivity contribution is 6.29. The smallest absolute Gasteiger partial charge is 0.156 e. The molecule has 15 heavy (non-hydrogen) atoms. The fourth-order valence-corrected chi connectivity index (χ4v) is 1.64. The molecule has 0 spiro atoms. The van der Waals surface area contributed by atoms with Gasteiger partial charge in [0.25, 0.3) is 0 Å². The zero-order chi connectivity index (χ0) is 11.0. The van der Waals surface area contributed by atoms with Crippen LogP contribution in [0.3, 0.4) is 0 Å². The first-order valence-electron chi connectivity index (χ1n) is 4.76. The third-order valence-corrected chi connectivity index (χ3v) is 2.74. The molecule has 0 aromatic carbocycles. The summed E-state index contributed by atoms with van der Waals surface area (Å²) in [6.45, 7) is 2.12. The van der Waals surface area contributed by atoms with Crippen molar-refractivity contribution in [2.45, 2.75) is 13.0 Å². The molecule has 4 nitrogen and oxygen atoms in total. The van der Waals surface area contributed by atoms with Crippen molar-refractivity contribution in [2.75, 3.05) is 14.1 Å². The number of nitrogens with zero attached hydrogens (tertiary/aromatic N) is 4. The zero-order valence-electron chi connectivity index (χ0n) is 8.98. The normalized spacial score (nSPS) is 13.7. The lowest BCUT2D eigenvalue weighted by Crippen LogP contribution is -2.19. The molecule has 1 unspecified atom stereocenters. The summed E-state index contributed by atoms with van der Waals surface area (Å²) in [6, 6.07) is 3.99. The largest absolute Gasteiger partial charge is 0.301 e. The topological polar surface area (TPSA) is 33.4 Å². The minimum Gasteiger partial charge on any atom is -0.301 e. The van der Waals surface area contributed by atoms with Crippen molar-refractivity contribution in [3.05, 3.63) is 29.2 Å². The number of hydrogen-bond donors (Lipinski definition) is 0. The van der Waals surface area contributed by atoms with E-state index >= 15 is 0 Å². The molecule has 2 aromatic heterocycles. The van der Waals surface area contributed by atoms with Crippen LogP contribution in [0.1, 0.15) is 18.7 Å². The van der Waals surface area contributed by atoms with Crippen LogP contribution in [0.15, 0.2) is 18.3 Å². The molecule has 0 saturated heterocycles. The van der Waals surface area contributed by atoms with Gasteiger partial charge in [0.1, 0.15) is 0 Å². The summed E-state index contributed by atoms with van der Waals surface area (Å²) in [7, 11) is 4.06. The summed E-state index contributed by atoms with van der Waals surface area (Å²) in [5, 5.41) is 4.68. The summed E-state index contributed by atoms with van der Waals surface area (Å²) >= 11 is 5.85. The van der Waals surface area contributed by atoms with Gasteiger partial charge in [-0.3, -0.25) is 0 Å². The fraction of sp³-hybridized carbons (Fsp3) is 0.400. The fourth-order valence-electron chi connectivity index (χ4n) is 1.47. The van der Waals surface area contributed by atoms with E-state index in [4.69, 9.17) is 11.6 Å². The van der Waals surface area contributed by atoms with Crippen LogP contribution in [-0.2, 0) is 0 Å². The Kier molecular flexibility index (Phi) is 2.63. The van der Waals surface area contributed by atoms with Crippen LogP contribution in [-0.4, -0.2) is 33.6 Å². The third kappa shape index (κ3) is 1.82. The quantitative estimate of drug-likeness (QED) is 0.783. The first-order valence-corrected chi connectivity index (χ1v) is 5.14. The maximum Gasteiger partial charge on any atom is 0.156 e. The molecule has 2 heterocycles. The van der Waals surface area contributed by atoms with Gasteiger partial charge < -0.3 is 4.90 Å². The Morgan fingerprint density at radius 1 is 1.47 bits per heavy atom. The van der Waals surface area contributed by atoms with Crippen LogP contribution < -0.4 is 0 Å². The Labute approximate surface area is 93.5 Å². The van der Waals surface area contributed by atoms with Crippen LogP contribution >= 0.6 is 11.6 Å². The molecule has 0 aliphatic heterocycles. The summed E-state index contributed by atoms with van der Waals surface area (Å²) in [5.74, 6) is 0. The van der Waals surface area contributed by atoms with Crippen molar-refractivity contribution in [3.8, 4) is 0 Å². The molecule has 0 saturated carbocycles. The first kappa shape index (κ1) is 10.4. The van der Waals surface area contributed by atoms with Crippen LogP contribution in [0.2, 0.25) is 5.15 Å². The van der Waals surface area contributed by atoms with Gasteiger partial charge >= 0.3 is 0 Å². The number of fused-ring (bicyclic) bond motifs is 1. The van der Waals surface area contributed by atoms with E-state index in [1.165, 1.54) is 0 Å². The lowest BCUT2D eigenvalue weighted by Gasteiger charge is -2.20. The predicted octanol–water partition coefficient (Wildman–Crippen LogP) is 2.01. The summed E-state index contributed by atoms with van der Waals surface area (Å²) in [6.07, 6.45) is 1.78. The maximum atomic E-state index is 5.85. The molecule has 80 valence electrons. The van der Waals surface area contributed by atoms with Crippen molar-refractivity contribution in [3.63, 3.8) is 0 Å². The van der Waals surface area contributed by atoms with E-state index in [2.05, 4.69) is 21.9 Å². The van der Waals surface area contributed by atoms with E-state index in [0.29, 0.717) is 5.15 Å². The second-order valence-corrected chi connectivity index (χ2v) is 4.13. The van der Waals surface area contributed by atoms with Crippen molar-refractivity contribution in [1.29, 1.82) is 0 Å². The lowest BCUT2D eigenvalue weighted by molar-refractivity contribution is 0.311. The molecule has 2 rings (SSSR count). The molecule has 0 bridgehead atoms. The molecule has 0 aliphatic rings. The molecule has 0 amide bonds. The van der Waals surface area contributed by atoms with Gasteiger partial charge in [-0.1, -0.05) is 11.6 Å². The molecule has 1 atom stereocenters. The Balaban J connectivity index is 2.59. The monoisotopic (exact) mass is 224 g/mol. The van der Waals surface area contributed by atoms with Gasteiger partial charge in [0.05, 0.1) is 5.69 Å². The molecule has 5 heteroatoms. The van der Waals surface area contributed by atoms with Crippen molar-refractivity contribution in [1.82, 2.24) is 19.5 Å². The van der Waals surface area contributed by atoms with Crippen molar-refractivity contribution in [2.24, 2.45) is 0 Å². The van der Waals surface area contributed by atoms with Crippen LogP contribution in [0.5, 0.6) is 0 Å². The summed E-state index contributed by atoms with van der Waals surface area (Å²) in [5.41, 5.74) is 1.86. The van der Waals surface area contributed by atoms with Crippen LogP contribution in [0, 0.1) is 0 Å². The van der Waals surface area contributed by atoms with Crippen molar-refractivity contribution < 1.29 is 0 Å². The predicted molar refractivity (Wildman–Crippen MR) is 60.1 cm³/mol. The van der Waals surface area contributed by atoms with Gasteiger partial charge in [-0.25, -0.2) is 9.50 Å². The van der Waals surface area contributed by atoms with Gasteiger partial charge in [-0.15, -0.1) is 0 Å². The van der Waals surface area contributed by atoms with E-state index in [9.17, 15) is 0 Å². The third-order valence-electron chi connectivity index (χ3n) is 2.56. The Morgan fingerprint density at radius 2 is 2.20 bits per heavy atom. The average Bonchev–Trinajstić information content (AvgIpc) is 2.56. The summed E-state index contributed by atoms with van der Waals surface area (Å²) in [4.78, 5) is 6.32. The Morgan fingerprint density at radius 3 is 2.87 bits per heavy atom. The van der Waals surface area contributed by atoms with Gasteiger partial charge in [0, 0.05) is 18.3 Å². The average molecular weight is 225 g/mol. The minimum absolute atomic E-state index is 0.270. The molecule has 2 aromatic rings. The molecular formula is C10H13ClN4. The van der Waals surface area contributed by atoms with E-state index in [1.54, 1.807) is 16.8 Å². The van der Waals surface area contributed by atoms with Gasteiger partial charge in [-0.2, -0.15) is 5.10 Å². The Bertz CT molecular complexity index is 477. The zero-order valence-corrected chi connectivity index (χ0v) is 9.73. The Hall–Kier alpha value is -1.13. The number of aromatic nitrogens is 3. The standard InChI is InChI=1S/C10H13ClN4/c1-7(14(2)3)8-4-5-12-10-6-9(11)13-15(8)10/h4-7H,1-3H3. The summed E-state index contributed by atoms with van der Waals surface area (Å²) < 4.78 is 1.78. The second kappa shape index (κ2) is 3.79. The first-order chi connectivity index (χ1) is 7.09. The molecule has 0 aliphatic carbocycles. The highest BCUT2D eigenvalue weighted by Gasteiger charge is 2.13. The molecule has 0 N–H and O–H groups in total. The highest BCUT2D eigenvalue weighted by Crippen LogP contribution is 2.19. The van der Waals surface area contributed by atoms with Gasteiger partial charge in [-0.05, 0) is 27.1 Å². The van der Waals surface area contributed by atoms with E-state index < -0.39 is 0 Å². The molecule has 0 fully saturated rings. The van der Waals surface area contributed by atoms with E-state index in [-0.39, 0.29) is 6.04 Å². The maximum absolute atomic E-state index is 5.85. The minimum atomic E-state index is 0.270. The van der Waals surface area contributed by atoms with Crippen LogP contribution in [0.25, 0.3) is 5.65 Å². The molecular weight excluding hydrogens is 212 g/mol. The molecule has 0 radical (unpaired) electrons. The van der Waals surface area contributed by atoms with Crippen LogP contribution in [0.4, 0.5) is 0 Å². The highest BCUT2D eigenvalue weighted by atomic mass is 35.5. The SMILES string of the molecule is CC(c1ccnc2cc(Cl)nn12)N(C)C. The second-order valence-electron chi connectivity index (χ2n) is 3.75. The van der Waals surface area contributed by atoms with E-state index in [0.717, 1.165) is 11.3 Å². The number of rotatable bonds is 2. The van der Waals surface area contributed by atoms with Crippen molar-refractivity contribution >= 4 is 17.2 Å². The van der Waals surface area contributed by atoms with Gasteiger partial charge in [0.15, 0.2) is 10.8 Å². The van der Waals surface area contributed by atoms with Gasteiger partial charge in [0.2, 0.25) is 0 Å². The number of hydrogen-bond acceptors (Lipinski definition) is 3.